The topological polar surface area (TPSA) is 39.9 Å². The summed E-state index contributed by atoms with van der Waals surface area (Å²) in [5.74, 6) is 2.46. The number of thioether (sulfide) groups is 1. The molecule has 0 bridgehead atoms. The van der Waals surface area contributed by atoms with Crippen molar-refractivity contribution < 1.29 is 4.74 Å². The zero-order valence-corrected chi connectivity index (χ0v) is 13.6. The van der Waals surface area contributed by atoms with E-state index in [0.717, 1.165) is 25.1 Å². The molecule has 3 rings (SSSR count). The third-order valence-electron chi connectivity index (χ3n) is 4.18. The first kappa shape index (κ1) is 13.9. The number of hydrogen-bond acceptors (Lipinski definition) is 4. The van der Waals surface area contributed by atoms with Gasteiger partial charge in [0.15, 0.2) is 0 Å². The average molecular weight is 346 g/mol. The van der Waals surface area contributed by atoms with Crippen LogP contribution in [0.1, 0.15) is 49.2 Å². The summed E-state index contributed by atoms with van der Waals surface area (Å²) in [6.07, 6.45) is 6.59. The lowest BCUT2D eigenvalue weighted by Gasteiger charge is -2.43. The highest BCUT2D eigenvalue weighted by atomic mass is 79.9. The van der Waals surface area contributed by atoms with Crippen LogP contribution in [0.4, 0.5) is 0 Å². The van der Waals surface area contributed by atoms with Gasteiger partial charge in [0.2, 0.25) is 0 Å². The van der Waals surface area contributed by atoms with E-state index in [2.05, 4.69) is 44.0 Å². The van der Waals surface area contributed by atoms with Crippen LogP contribution in [-0.2, 0) is 4.74 Å². The lowest BCUT2D eigenvalue weighted by atomic mass is 9.85. The Labute approximate surface area is 126 Å². The van der Waals surface area contributed by atoms with E-state index in [9.17, 15) is 0 Å². The fourth-order valence-corrected chi connectivity index (χ4v) is 4.42. The summed E-state index contributed by atoms with van der Waals surface area (Å²) in [4.78, 5) is 0.265. The largest absolute Gasteiger partial charge is 0.375 e. The summed E-state index contributed by atoms with van der Waals surface area (Å²) >= 11 is 5.59. The fraction of sp³-hybridized carbons (Fsp3) is 0.846. The van der Waals surface area contributed by atoms with Crippen molar-refractivity contribution in [2.45, 2.75) is 49.1 Å². The molecule has 0 saturated carbocycles. The summed E-state index contributed by atoms with van der Waals surface area (Å²) in [7, 11) is 0. The van der Waals surface area contributed by atoms with E-state index in [-0.39, 0.29) is 10.4 Å². The van der Waals surface area contributed by atoms with Crippen molar-refractivity contribution in [3.63, 3.8) is 0 Å². The number of halogens is 1. The monoisotopic (exact) mass is 345 g/mol. The molecular weight excluding hydrogens is 326 g/mol. The van der Waals surface area contributed by atoms with Gasteiger partial charge in [0, 0.05) is 12.8 Å². The molecule has 2 unspecified atom stereocenters. The molecule has 106 valence electrons. The Hall–Kier alpha value is -0.0700. The zero-order chi connectivity index (χ0) is 13.3. The minimum absolute atomic E-state index is 0.111. The molecule has 1 aromatic heterocycles. The molecule has 4 nitrogen and oxygen atoms in total. The van der Waals surface area contributed by atoms with E-state index < -0.39 is 0 Å². The van der Waals surface area contributed by atoms with Crippen LogP contribution in [0, 0.1) is 0 Å². The minimum Gasteiger partial charge on any atom is -0.375 e. The van der Waals surface area contributed by atoms with Gasteiger partial charge in [-0.1, -0.05) is 21.1 Å². The van der Waals surface area contributed by atoms with Crippen molar-refractivity contribution in [2.24, 2.45) is 0 Å². The van der Waals surface area contributed by atoms with Gasteiger partial charge in [0.25, 0.3) is 0 Å². The Kier molecular flexibility index (Phi) is 4.19. The number of hydrogen-bond donors (Lipinski definition) is 0. The quantitative estimate of drug-likeness (QED) is 0.770. The Morgan fingerprint density at radius 2 is 2.32 bits per heavy atom. The van der Waals surface area contributed by atoms with Gasteiger partial charge >= 0.3 is 0 Å². The van der Waals surface area contributed by atoms with Crippen LogP contribution in [-0.4, -0.2) is 38.7 Å². The molecule has 0 aromatic carbocycles. The maximum absolute atomic E-state index is 6.13. The summed E-state index contributed by atoms with van der Waals surface area (Å²) in [6, 6.07) is 0.448. The molecule has 0 radical (unpaired) electrons. The van der Waals surface area contributed by atoms with Crippen molar-refractivity contribution in [1.82, 2.24) is 15.0 Å². The summed E-state index contributed by atoms with van der Waals surface area (Å²) in [5, 5.41) is 8.56. The highest BCUT2D eigenvalue weighted by molar-refractivity contribution is 9.09. The minimum atomic E-state index is 0.111. The Morgan fingerprint density at radius 3 is 3.00 bits per heavy atom. The molecule has 0 amide bonds. The van der Waals surface area contributed by atoms with Crippen molar-refractivity contribution in [1.29, 1.82) is 0 Å². The van der Waals surface area contributed by atoms with Crippen LogP contribution in [0.25, 0.3) is 0 Å². The third kappa shape index (κ3) is 3.00. The molecule has 0 N–H and O–H groups in total. The van der Waals surface area contributed by atoms with Gasteiger partial charge in [-0.25, -0.2) is 4.68 Å². The molecule has 19 heavy (non-hydrogen) atoms. The molecule has 2 aliphatic heterocycles. The lowest BCUT2D eigenvalue weighted by molar-refractivity contribution is -0.100. The Balaban J connectivity index is 1.73. The average Bonchev–Trinajstić information content (AvgIpc) is 2.89. The Bertz CT molecular complexity index is 426. The van der Waals surface area contributed by atoms with Crippen LogP contribution in [0.15, 0.2) is 6.20 Å². The summed E-state index contributed by atoms with van der Waals surface area (Å²) in [6.45, 7) is 2.94. The maximum atomic E-state index is 6.13. The first-order chi connectivity index (χ1) is 9.19. The second-order valence-electron chi connectivity index (χ2n) is 5.53. The van der Waals surface area contributed by atoms with Crippen LogP contribution < -0.4 is 0 Å². The number of aromatic nitrogens is 3. The number of rotatable bonds is 2. The number of ether oxygens (including phenoxy) is 1. The van der Waals surface area contributed by atoms with Gasteiger partial charge in [0.1, 0.15) is 0 Å². The van der Waals surface area contributed by atoms with Crippen LogP contribution in [0.5, 0.6) is 0 Å². The SMILES string of the molecule is CC(Br)c1cn(C2CCOC3(CCSCC3)C2)nn1. The third-order valence-corrected chi connectivity index (χ3v) is 5.64. The number of alkyl halides is 1. The van der Waals surface area contributed by atoms with E-state index in [0.29, 0.717) is 6.04 Å². The molecule has 0 aliphatic carbocycles. The first-order valence-corrected chi connectivity index (χ1v) is 9.03. The molecule has 3 heterocycles. The molecular formula is C13H20BrN3OS. The highest BCUT2D eigenvalue weighted by Gasteiger charge is 2.39. The summed E-state index contributed by atoms with van der Waals surface area (Å²) in [5.41, 5.74) is 1.13. The fourth-order valence-electron chi connectivity index (χ4n) is 2.97. The molecule has 2 saturated heterocycles. The van der Waals surface area contributed by atoms with Crippen LogP contribution in [0.2, 0.25) is 0 Å². The molecule has 2 fully saturated rings. The van der Waals surface area contributed by atoms with E-state index in [1.165, 1.54) is 24.3 Å². The van der Waals surface area contributed by atoms with Gasteiger partial charge in [-0.15, -0.1) is 5.10 Å². The number of nitrogens with zero attached hydrogens (tertiary/aromatic N) is 3. The summed E-state index contributed by atoms with van der Waals surface area (Å²) < 4.78 is 8.18. The first-order valence-electron chi connectivity index (χ1n) is 6.96. The van der Waals surface area contributed by atoms with Crippen molar-refractivity contribution in [2.75, 3.05) is 18.1 Å². The molecule has 1 aromatic rings. The zero-order valence-electron chi connectivity index (χ0n) is 11.2. The smallest absolute Gasteiger partial charge is 0.0960 e. The van der Waals surface area contributed by atoms with Gasteiger partial charge in [0.05, 0.1) is 22.2 Å². The second-order valence-corrected chi connectivity index (χ2v) is 8.13. The van der Waals surface area contributed by atoms with E-state index in [1.807, 2.05) is 11.8 Å². The molecule has 2 atom stereocenters. The predicted molar refractivity (Wildman–Crippen MR) is 80.9 cm³/mol. The molecule has 2 aliphatic rings. The van der Waals surface area contributed by atoms with Gasteiger partial charge in [-0.2, -0.15) is 11.8 Å². The van der Waals surface area contributed by atoms with Crippen molar-refractivity contribution >= 4 is 27.7 Å². The molecule has 1 spiro atoms. The second kappa shape index (κ2) is 5.74. The predicted octanol–water partition coefficient (Wildman–Crippen LogP) is 3.35. The van der Waals surface area contributed by atoms with E-state index in [4.69, 9.17) is 4.74 Å². The van der Waals surface area contributed by atoms with Crippen LogP contribution >= 0.6 is 27.7 Å². The van der Waals surface area contributed by atoms with E-state index >= 15 is 0 Å². The van der Waals surface area contributed by atoms with Crippen molar-refractivity contribution in [3.8, 4) is 0 Å². The van der Waals surface area contributed by atoms with Gasteiger partial charge in [-0.05, 0) is 44.1 Å². The maximum Gasteiger partial charge on any atom is 0.0960 e. The standard InChI is InChI=1S/C13H20BrN3OS/c1-10(14)12-9-17(16-15-12)11-2-5-18-13(8-11)3-6-19-7-4-13/h9-11H,2-8H2,1H3. The van der Waals surface area contributed by atoms with E-state index in [1.54, 1.807) is 0 Å². The lowest BCUT2D eigenvalue weighted by Crippen LogP contribution is -2.43. The van der Waals surface area contributed by atoms with Gasteiger partial charge < -0.3 is 4.74 Å². The normalized spacial score (nSPS) is 28.4. The Morgan fingerprint density at radius 1 is 1.53 bits per heavy atom. The van der Waals surface area contributed by atoms with Gasteiger partial charge in [-0.3, -0.25) is 0 Å². The highest BCUT2D eigenvalue weighted by Crippen LogP contribution is 2.41. The molecule has 6 heteroatoms. The van der Waals surface area contributed by atoms with Crippen molar-refractivity contribution in [3.05, 3.63) is 11.9 Å². The van der Waals surface area contributed by atoms with Crippen LogP contribution in [0.3, 0.4) is 0 Å².